The summed E-state index contributed by atoms with van der Waals surface area (Å²) < 4.78 is 44.0. The van der Waals surface area contributed by atoms with Crippen LogP contribution < -0.4 is 0 Å². The van der Waals surface area contributed by atoms with Crippen LogP contribution in [0, 0.1) is 0 Å². The molecule has 2 aromatic rings. The standard InChI is InChI=1S/C14H13F3O2/c15-14(16,17)12-6-2-1-5-11(12)13-8-7-10(19-13)4-3-9-18/h1-2,5-8,18H,3-4,9H2. The molecule has 0 radical (unpaired) electrons. The van der Waals surface area contributed by atoms with Crippen molar-refractivity contribution in [1.29, 1.82) is 0 Å². The third-order valence-corrected chi connectivity index (χ3v) is 2.74. The minimum absolute atomic E-state index is 0.0230. The van der Waals surface area contributed by atoms with Gasteiger partial charge >= 0.3 is 6.18 Å². The first-order valence-electron chi connectivity index (χ1n) is 5.88. The number of rotatable bonds is 4. The minimum atomic E-state index is -4.41. The average molecular weight is 270 g/mol. The lowest BCUT2D eigenvalue weighted by atomic mass is 10.1. The van der Waals surface area contributed by atoms with Gasteiger partial charge < -0.3 is 9.52 Å². The summed E-state index contributed by atoms with van der Waals surface area (Å²) in [6.07, 6.45) is -3.38. The lowest BCUT2D eigenvalue weighted by molar-refractivity contribution is -0.137. The Hall–Kier alpha value is -1.75. The van der Waals surface area contributed by atoms with E-state index < -0.39 is 11.7 Å². The average Bonchev–Trinajstić information content (AvgIpc) is 2.84. The highest BCUT2D eigenvalue weighted by molar-refractivity contribution is 5.63. The molecule has 19 heavy (non-hydrogen) atoms. The molecule has 1 aromatic carbocycles. The molecule has 102 valence electrons. The van der Waals surface area contributed by atoms with Gasteiger partial charge in [0.15, 0.2) is 0 Å². The number of aliphatic hydroxyl groups excluding tert-OH is 1. The highest BCUT2D eigenvalue weighted by Gasteiger charge is 2.34. The number of aliphatic hydroxyl groups is 1. The Morgan fingerprint density at radius 3 is 2.47 bits per heavy atom. The van der Waals surface area contributed by atoms with Crippen molar-refractivity contribution in [3.63, 3.8) is 0 Å². The van der Waals surface area contributed by atoms with Crippen LogP contribution >= 0.6 is 0 Å². The van der Waals surface area contributed by atoms with Crippen molar-refractivity contribution in [1.82, 2.24) is 0 Å². The Morgan fingerprint density at radius 1 is 1.05 bits per heavy atom. The van der Waals surface area contributed by atoms with Gasteiger partial charge in [-0.25, -0.2) is 0 Å². The number of furan rings is 1. The predicted octanol–water partition coefficient (Wildman–Crippen LogP) is 3.89. The van der Waals surface area contributed by atoms with E-state index >= 15 is 0 Å². The Kier molecular flexibility index (Phi) is 3.95. The maximum Gasteiger partial charge on any atom is 0.417 e. The van der Waals surface area contributed by atoms with E-state index in [0.29, 0.717) is 18.6 Å². The molecule has 0 fully saturated rings. The van der Waals surface area contributed by atoms with E-state index in [0.717, 1.165) is 6.07 Å². The first-order valence-corrected chi connectivity index (χ1v) is 5.88. The maximum absolute atomic E-state index is 12.9. The van der Waals surface area contributed by atoms with Crippen LogP contribution in [0.4, 0.5) is 13.2 Å². The number of halogens is 3. The Morgan fingerprint density at radius 2 is 1.79 bits per heavy atom. The van der Waals surface area contributed by atoms with Crippen molar-refractivity contribution in [3.8, 4) is 11.3 Å². The Bertz CT molecular complexity index is 544. The fourth-order valence-corrected chi connectivity index (χ4v) is 1.86. The van der Waals surface area contributed by atoms with Crippen LogP contribution in [0.15, 0.2) is 40.8 Å². The summed E-state index contributed by atoms with van der Waals surface area (Å²) >= 11 is 0. The molecule has 0 amide bonds. The summed E-state index contributed by atoms with van der Waals surface area (Å²) in [5, 5.41) is 8.71. The molecule has 0 spiro atoms. The molecule has 0 saturated carbocycles. The molecule has 0 saturated heterocycles. The Balaban J connectivity index is 2.34. The van der Waals surface area contributed by atoms with Gasteiger partial charge in [0.1, 0.15) is 11.5 Å². The smallest absolute Gasteiger partial charge is 0.417 e. The van der Waals surface area contributed by atoms with Gasteiger partial charge in [-0.3, -0.25) is 0 Å². The van der Waals surface area contributed by atoms with E-state index in [1.165, 1.54) is 18.2 Å². The number of aryl methyl sites for hydroxylation is 1. The quantitative estimate of drug-likeness (QED) is 0.914. The van der Waals surface area contributed by atoms with Gasteiger partial charge in [-0.1, -0.05) is 18.2 Å². The van der Waals surface area contributed by atoms with Crippen molar-refractivity contribution < 1.29 is 22.7 Å². The number of hydrogen-bond acceptors (Lipinski definition) is 2. The molecule has 1 heterocycles. The van der Waals surface area contributed by atoms with E-state index in [9.17, 15) is 13.2 Å². The zero-order chi connectivity index (χ0) is 13.9. The molecule has 0 bridgehead atoms. The molecule has 0 aliphatic rings. The SMILES string of the molecule is OCCCc1ccc(-c2ccccc2C(F)(F)F)o1. The van der Waals surface area contributed by atoms with Crippen LogP contribution in [0.25, 0.3) is 11.3 Å². The highest BCUT2D eigenvalue weighted by Crippen LogP contribution is 2.37. The lowest BCUT2D eigenvalue weighted by Crippen LogP contribution is -2.06. The van der Waals surface area contributed by atoms with Crippen molar-refractivity contribution in [2.75, 3.05) is 6.61 Å². The number of benzene rings is 1. The topological polar surface area (TPSA) is 33.4 Å². The van der Waals surface area contributed by atoms with Crippen molar-refractivity contribution in [2.45, 2.75) is 19.0 Å². The van der Waals surface area contributed by atoms with Gasteiger partial charge in [0.05, 0.1) is 5.56 Å². The molecule has 1 N–H and O–H groups in total. The summed E-state index contributed by atoms with van der Waals surface area (Å²) in [6.45, 7) is 0.0230. The maximum atomic E-state index is 12.9. The largest absolute Gasteiger partial charge is 0.461 e. The zero-order valence-electron chi connectivity index (χ0n) is 10.1. The molecule has 0 atom stereocenters. The van der Waals surface area contributed by atoms with Gasteiger partial charge in [0.25, 0.3) is 0 Å². The summed E-state index contributed by atoms with van der Waals surface area (Å²) in [4.78, 5) is 0. The van der Waals surface area contributed by atoms with E-state index in [2.05, 4.69) is 0 Å². The number of hydrogen-bond donors (Lipinski definition) is 1. The van der Waals surface area contributed by atoms with Crippen LogP contribution in [0.3, 0.4) is 0 Å². The molecule has 0 unspecified atom stereocenters. The van der Waals surface area contributed by atoms with E-state index in [4.69, 9.17) is 9.52 Å². The first-order chi connectivity index (χ1) is 9.02. The van der Waals surface area contributed by atoms with Gasteiger partial charge in [0.2, 0.25) is 0 Å². The van der Waals surface area contributed by atoms with Crippen LogP contribution in [0.1, 0.15) is 17.7 Å². The fourth-order valence-electron chi connectivity index (χ4n) is 1.86. The lowest BCUT2D eigenvalue weighted by Gasteiger charge is -2.10. The van der Waals surface area contributed by atoms with Crippen LogP contribution in [0.5, 0.6) is 0 Å². The molecule has 5 heteroatoms. The molecule has 2 rings (SSSR count). The zero-order valence-corrected chi connectivity index (χ0v) is 10.1. The van der Waals surface area contributed by atoms with Crippen LogP contribution in [-0.4, -0.2) is 11.7 Å². The molecular formula is C14H13F3O2. The molecule has 2 nitrogen and oxygen atoms in total. The third kappa shape index (κ3) is 3.17. The summed E-state index contributed by atoms with van der Waals surface area (Å²) in [7, 11) is 0. The normalized spacial score (nSPS) is 11.8. The summed E-state index contributed by atoms with van der Waals surface area (Å²) in [6, 6.07) is 8.47. The van der Waals surface area contributed by atoms with Crippen LogP contribution in [0.2, 0.25) is 0 Å². The first kappa shape index (κ1) is 13.7. The van der Waals surface area contributed by atoms with E-state index in [-0.39, 0.29) is 17.9 Å². The van der Waals surface area contributed by atoms with Gasteiger partial charge in [-0.05, 0) is 24.6 Å². The van der Waals surface area contributed by atoms with Gasteiger partial charge in [-0.2, -0.15) is 13.2 Å². The minimum Gasteiger partial charge on any atom is -0.461 e. The van der Waals surface area contributed by atoms with E-state index in [1.54, 1.807) is 12.1 Å². The Labute approximate surface area is 108 Å². The number of alkyl halides is 3. The second-order valence-electron chi connectivity index (χ2n) is 4.14. The molecule has 0 aliphatic heterocycles. The molecule has 1 aromatic heterocycles. The second kappa shape index (κ2) is 5.48. The third-order valence-electron chi connectivity index (χ3n) is 2.74. The summed E-state index contributed by atoms with van der Waals surface area (Å²) in [5.74, 6) is 0.766. The van der Waals surface area contributed by atoms with Gasteiger partial charge in [0, 0.05) is 18.6 Å². The van der Waals surface area contributed by atoms with Gasteiger partial charge in [-0.15, -0.1) is 0 Å². The van der Waals surface area contributed by atoms with Crippen molar-refractivity contribution in [3.05, 3.63) is 47.7 Å². The van der Waals surface area contributed by atoms with Crippen LogP contribution in [-0.2, 0) is 12.6 Å². The van der Waals surface area contributed by atoms with Crippen molar-refractivity contribution >= 4 is 0 Å². The highest BCUT2D eigenvalue weighted by atomic mass is 19.4. The van der Waals surface area contributed by atoms with E-state index in [1.807, 2.05) is 0 Å². The molecular weight excluding hydrogens is 257 g/mol. The fraction of sp³-hybridized carbons (Fsp3) is 0.286. The summed E-state index contributed by atoms with van der Waals surface area (Å²) in [5.41, 5.74) is -0.677. The second-order valence-corrected chi connectivity index (χ2v) is 4.14. The molecule has 0 aliphatic carbocycles. The van der Waals surface area contributed by atoms with Crippen molar-refractivity contribution in [2.24, 2.45) is 0 Å². The predicted molar refractivity (Wildman–Crippen MR) is 64.6 cm³/mol. The monoisotopic (exact) mass is 270 g/mol.